The molecule has 2 nitrogen and oxygen atoms in total. The SMILES string of the molecule is CCCCCc1ccc2ccc(N)cc2c1N. The summed E-state index contributed by atoms with van der Waals surface area (Å²) in [5.74, 6) is 0. The molecule has 0 bridgehead atoms. The van der Waals surface area contributed by atoms with E-state index in [1.807, 2.05) is 18.2 Å². The topological polar surface area (TPSA) is 52.0 Å². The number of nitrogens with two attached hydrogens (primary N) is 2. The Labute approximate surface area is 103 Å². The molecule has 0 saturated carbocycles. The zero-order valence-corrected chi connectivity index (χ0v) is 10.4. The van der Waals surface area contributed by atoms with Crippen molar-refractivity contribution in [3.63, 3.8) is 0 Å². The maximum Gasteiger partial charge on any atom is 0.0427 e. The van der Waals surface area contributed by atoms with Crippen LogP contribution in [-0.2, 0) is 6.42 Å². The molecule has 0 amide bonds. The molecule has 0 aromatic heterocycles. The van der Waals surface area contributed by atoms with Gasteiger partial charge in [-0.1, -0.05) is 38.0 Å². The standard InChI is InChI=1S/C15H20N2/c1-2-3-4-5-12-7-6-11-8-9-13(16)10-14(11)15(12)17/h6-10H,2-5,16-17H2,1H3. The van der Waals surface area contributed by atoms with Crippen molar-refractivity contribution in [2.75, 3.05) is 11.5 Å². The minimum Gasteiger partial charge on any atom is -0.399 e. The lowest BCUT2D eigenvalue weighted by molar-refractivity contribution is 0.718. The molecule has 0 saturated heterocycles. The fraction of sp³-hybridized carbons (Fsp3) is 0.333. The lowest BCUT2D eigenvalue weighted by atomic mass is 9.99. The van der Waals surface area contributed by atoms with Crippen LogP contribution < -0.4 is 11.5 Å². The van der Waals surface area contributed by atoms with Gasteiger partial charge < -0.3 is 11.5 Å². The van der Waals surface area contributed by atoms with Gasteiger partial charge in [0.2, 0.25) is 0 Å². The summed E-state index contributed by atoms with van der Waals surface area (Å²) in [6.45, 7) is 2.21. The molecule has 4 N–H and O–H groups in total. The van der Waals surface area contributed by atoms with Crippen LogP contribution in [-0.4, -0.2) is 0 Å². The summed E-state index contributed by atoms with van der Waals surface area (Å²) in [4.78, 5) is 0. The predicted molar refractivity (Wildman–Crippen MR) is 76.0 cm³/mol. The van der Waals surface area contributed by atoms with Crippen molar-refractivity contribution < 1.29 is 0 Å². The first kappa shape index (κ1) is 11.8. The molecule has 0 aliphatic rings. The minimum absolute atomic E-state index is 0.773. The van der Waals surface area contributed by atoms with E-state index in [1.54, 1.807) is 0 Å². The Balaban J connectivity index is 2.35. The van der Waals surface area contributed by atoms with Crippen molar-refractivity contribution in [1.29, 1.82) is 0 Å². The van der Waals surface area contributed by atoms with E-state index in [-0.39, 0.29) is 0 Å². The Morgan fingerprint density at radius 3 is 2.53 bits per heavy atom. The lowest BCUT2D eigenvalue weighted by Gasteiger charge is -2.09. The maximum atomic E-state index is 6.21. The lowest BCUT2D eigenvalue weighted by Crippen LogP contribution is -1.96. The second-order valence-electron chi connectivity index (χ2n) is 4.58. The molecule has 2 aromatic rings. The van der Waals surface area contributed by atoms with Crippen LogP contribution in [0, 0.1) is 0 Å². The van der Waals surface area contributed by atoms with Gasteiger partial charge in [0.1, 0.15) is 0 Å². The van der Waals surface area contributed by atoms with Crippen LogP contribution in [0.2, 0.25) is 0 Å². The highest BCUT2D eigenvalue weighted by atomic mass is 14.6. The van der Waals surface area contributed by atoms with Crippen LogP contribution in [0.3, 0.4) is 0 Å². The second kappa shape index (κ2) is 5.09. The van der Waals surface area contributed by atoms with Crippen molar-refractivity contribution in [2.45, 2.75) is 32.6 Å². The first-order valence-electron chi connectivity index (χ1n) is 6.29. The summed E-state index contributed by atoms with van der Waals surface area (Å²) in [5, 5.41) is 2.25. The van der Waals surface area contributed by atoms with Gasteiger partial charge in [-0.2, -0.15) is 0 Å². The van der Waals surface area contributed by atoms with E-state index in [0.717, 1.165) is 28.6 Å². The van der Waals surface area contributed by atoms with Crippen LogP contribution in [0.15, 0.2) is 30.3 Å². The summed E-state index contributed by atoms with van der Waals surface area (Å²) < 4.78 is 0. The van der Waals surface area contributed by atoms with Crippen molar-refractivity contribution in [1.82, 2.24) is 0 Å². The minimum atomic E-state index is 0.773. The van der Waals surface area contributed by atoms with Crippen LogP contribution >= 0.6 is 0 Å². The Bertz CT molecular complexity index is 518. The van der Waals surface area contributed by atoms with Crippen molar-refractivity contribution >= 4 is 22.1 Å². The van der Waals surface area contributed by atoms with Crippen molar-refractivity contribution in [3.8, 4) is 0 Å². The third-order valence-electron chi connectivity index (χ3n) is 3.23. The van der Waals surface area contributed by atoms with E-state index in [9.17, 15) is 0 Å². The van der Waals surface area contributed by atoms with Crippen molar-refractivity contribution in [2.24, 2.45) is 0 Å². The van der Waals surface area contributed by atoms with E-state index >= 15 is 0 Å². The number of aryl methyl sites for hydroxylation is 1. The zero-order chi connectivity index (χ0) is 12.3. The molecule has 0 aliphatic heterocycles. The molecule has 17 heavy (non-hydrogen) atoms. The molecule has 2 aromatic carbocycles. The third kappa shape index (κ3) is 2.52. The average Bonchev–Trinajstić information content (AvgIpc) is 2.33. The molecular formula is C15H20N2. The quantitative estimate of drug-likeness (QED) is 0.618. The van der Waals surface area contributed by atoms with Gasteiger partial charge in [-0.15, -0.1) is 0 Å². The number of nitrogen functional groups attached to an aromatic ring is 2. The molecule has 0 spiro atoms. The number of rotatable bonds is 4. The molecule has 0 heterocycles. The van der Waals surface area contributed by atoms with E-state index < -0.39 is 0 Å². The van der Waals surface area contributed by atoms with E-state index in [0.29, 0.717) is 0 Å². The number of benzene rings is 2. The molecule has 0 unspecified atom stereocenters. The highest BCUT2D eigenvalue weighted by Crippen LogP contribution is 2.27. The fourth-order valence-electron chi connectivity index (χ4n) is 2.19. The van der Waals surface area contributed by atoms with Gasteiger partial charge in [-0.3, -0.25) is 0 Å². The molecule has 2 heteroatoms. The third-order valence-corrected chi connectivity index (χ3v) is 3.23. The van der Waals surface area contributed by atoms with Gasteiger partial charge in [-0.25, -0.2) is 0 Å². The van der Waals surface area contributed by atoms with Crippen LogP contribution in [0.5, 0.6) is 0 Å². The fourth-order valence-corrected chi connectivity index (χ4v) is 2.19. The summed E-state index contributed by atoms with van der Waals surface area (Å²) in [5.41, 5.74) is 14.9. The molecule has 90 valence electrons. The van der Waals surface area contributed by atoms with Crippen LogP contribution in [0.1, 0.15) is 31.7 Å². The number of unbranched alkanes of at least 4 members (excludes halogenated alkanes) is 2. The van der Waals surface area contributed by atoms with E-state index in [2.05, 4.69) is 19.1 Å². The van der Waals surface area contributed by atoms with Gasteiger partial charge in [-0.05, 0) is 35.9 Å². The van der Waals surface area contributed by atoms with Crippen LogP contribution in [0.25, 0.3) is 10.8 Å². The monoisotopic (exact) mass is 228 g/mol. The first-order chi connectivity index (χ1) is 8.22. The number of fused-ring (bicyclic) bond motifs is 1. The largest absolute Gasteiger partial charge is 0.399 e. The average molecular weight is 228 g/mol. The van der Waals surface area contributed by atoms with Crippen molar-refractivity contribution in [3.05, 3.63) is 35.9 Å². The highest BCUT2D eigenvalue weighted by Gasteiger charge is 2.04. The molecule has 2 rings (SSSR count). The molecule has 0 radical (unpaired) electrons. The highest BCUT2D eigenvalue weighted by molar-refractivity contribution is 5.96. The normalized spacial score (nSPS) is 10.9. The smallest absolute Gasteiger partial charge is 0.0427 e. The van der Waals surface area contributed by atoms with E-state index in [4.69, 9.17) is 11.5 Å². The Kier molecular flexibility index (Phi) is 3.52. The summed E-state index contributed by atoms with van der Waals surface area (Å²) in [6.07, 6.45) is 4.76. The Morgan fingerprint density at radius 1 is 1.00 bits per heavy atom. The number of anilines is 2. The molecule has 0 aliphatic carbocycles. The van der Waals surface area contributed by atoms with Crippen LogP contribution in [0.4, 0.5) is 11.4 Å². The summed E-state index contributed by atoms with van der Waals surface area (Å²) in [6, 6.07) is 10.2. The number of hydrogen-bond donors (Lipinski definition) is 2. The Morgan fingerprint density at radius 2 is 1.76 bits per heavy atom. The van der Waals surface area contributed by atoms with Gasteiger partial charge in [0.05, 0.1) is 0 Å². The molecule has 0 fully saturated rings. The summed E-state index contributed by atoms with van der Waals surface area (Å²) >= 11 is 0. The molecular weight excluding hydrogens is 208 g/mol. The van der Waals surface area contributed by atoms with Gasteiger partial charge in [0.25, 0.3) is 0 Å². The Hall–Kier alpha value is -1.70. The zero-order valence-electron chi connectivity index (χ0n) is 10.4. The first-order valence-corrected chi connectivity index (χ1v) is 6.29. The number of hydrogen-bond acceptors (Lipinski definition) is 2. The molecule has 0 atom stereocenters. The van der Waals surface area contributed by atoms with Gasteiger partial charge >= 0.3 is 0 Å². The van der Waals surface area contributed by atoms with E-state index in [1.165, 1.54) is 24.8 Å². The van der Waals surface area contributed by atoms with Gasteiger partial charge in [0.15, 0.2) is 0 Å². The second-order valence-corrected chi connectivity index (χ2v) is 4.58. The predicted octanol–water partition coefficient (Wildman–Crippen LogP) is 3.74. The summed E-state index contributed by atoms with van der Waals surface area (Å²) in [7, 11) is 0. The maximum absolute atomic E-state index is 6.21. The van der Waals surface area contributed by atoms with Gasteiger partial charge in [0, 0.05) is 16.8 Å².